The minimum atomic E-state index is -0.270. The summed E-state index contributed by atoms with van der Waals surface area (Å²) >= 11 is 0. The number of amides is 1. The van der Waals surface area contributed by atoms with Gasteiger partial charge in [0.15, 0.2) is 0 Å². The van der Waals surface area contributed by atoms with Gasteiger partial charge in [-0.2, -0.15) is 0 Å². The molecule has 0 N–H and O–H groups in total. The van der Waals surface area contributed by atoms with E-state index < -0.39 is 0 Å². The van der Waals surface area contributed by atoms with Gasteiger partial charge in [0.05, 0.1) is 6.04 Å². The summed E-state index contributed by atoms with van der Waals surface area (Å²) in [5.74, 6) is -0.181. The second-order valence-corrected chi connectivity index (χ2v) is 7.48. The Bertz CT molecular complexity index is 862. The SMILES string of the molecule is Cc1ccc(C2=CC3CCCC(C2)N3C(=O)OCc2ccccc2)c(F)c1. The molecule has 1 saturated heterocycles. The van der Waals surface area contributed by atoms with Crippen molar-refractivity contribution in [1.29, 1.82) is 0 Å². The van der Waals surface area contributed by atoms with Crippen LogP contribution in [0.2, 0.25) is 0 Å². The molecule has 2 aromatic carbocycles. The van der Waals surface area contributed by atoms with Crippen molar-refractivity contribution >= 4 is 11.7 Å². The van der Waals surface area contributed by atoms with Crippen LogP contribution in [0.5, 0.6) is 0 Å². The number of benzene rings is 2. The third kappa shape index (κ3) is 3.75. The number of aryl methyl sites for hydroxylation is 1. The summed E-state index contributed by atoms with van der Waals surface area (Å²) < 4.78 is 20.0. The third-order valence-electron chi connectivity index (χ3n) is 5.52. The van der Waals surface area contributed by atoms with E-state index in [1.165, 1.54) is 0 Å². The second kappa shape index (κ2) is 7.55. The van der Waals surface area contributed by atoms with Crippen molar-refractivity contribution < 1.29 is 13.9 Å². The first-order valence-corrected chi connectivity index (χ1v) is 9.58. The summed E-state index contributed by atoms with van der Waals surface area (Å²) in [6.45, 7) is 2.17. The molecule has 2 heterocycles. The van der Waals surface area contributed by atoms with E-state index in [0.29, 0.717) is 12.0 Å². The van der Waals surface area contributed by atoms with Crippen molar-refractivity contribution in [2.45, 2.75) is 51.3 Å². The lowest BCUT2D eigenvalue weighted by atomic mass is 9.83. The highest BCUT2D eigenvalue weighted by Crippen LogP contribution is 2.38. The Morgan fingerprint density at radius 2 is 2.00 bits per heavy atom. The van der Waals surface area contributed by atoms with Crippen LogP contribution in [0, 0.1) is 12.7 Å². The highest BCUT2D eigenvalue weighted by Gasteiger charge is 2.38. The number of fused-ring (bicyclic) bond motifs is 2. The highest BCUT2D eigenvalue weighted by atomic mass is 19.1. The molecule has 1 amide bonds. The lowest BCUT2D eigenvalue weighted by Crippen LogP contribution is -2.51. The zero-order chi connectivity index (χ0) is 18.8. The van der Waals surface area contributed by atoms with Crippen molar-refractivity contribution in [1.82, 2.24) is 4.90 Å². The van der Waals surface area contributed by atoms with Crippen LogP contribution in [-0.2, 0) is 11.3 Å². The number of rotatable bonds is 3. The van der Waals surface area contributed by atoms with Gasteiger partial charge in [0.25, 0.3) is 0 Å². The number of piperidine rings is 1. The van der Waals surface area contributed by atoms with E-state index in [1.807, 2.05) is 54.3 Å². The third-order valence-corrected chi connectivity index (χ3v) is 5.52. The average Bonchev–Trinajstić information content (AvgIpc) is 2.66. The molecule has 0 radical (unpaired) electrons. The zero-order valence-electron chi connectivity index (χ0n) is 15.5. The quantitative estimate of drug-likeness (QED) is 0.721. The van der Waals surface area contributed by atoms with E-state index in [4.69, 9.17) is 4.74 Å². The first-order valence-electron chi connectivity index (χ1n) is 9.58. The van der Waals surface area contributed by atoms with Crippen molar-refractivity contribution in [2.24, 2.45) is 0 Å². The predicted molar refractivity (Wildman–Crippen MR) is 104 cm³/mol. The number of hydrogen-bond donors (Lipinski definition) is 0. The first kappa shape index (κ1) is 17.8. The molecule has 0 aliphatic carbocycles. The van der Waals surface area contributed by atoms with Crippen molar-refractivity contribution in [3.63, 3.8) is 0 Å². The Morgan fingerprint density at radius 1 is 1.19 bits per heavy atom. The standard InChI is InChI=1S/C23H24FNO2/c1-16-10-11-21(22(24)12-16)18-13-19-8-5-9-20(14-18)25(19)23(26)27-15-17-6-3-2-4-7-17/h2-4,6-7,10-13,19-20H,5,8-9,14-15H2,1H3. The molecule has 2 bridgehead atoms. The van der Waals surface area contributed by atoms with Gasteiger partial charge < -0.3 is 4.74 Å². The fraction of sp³-hybridized carbons (Fsp3) is 0.348. The van der Waals surface area contributed by atoms with E-state index in [2.05, 4.69) is 6.08 Å². The molecular formula is C23H24FNO2. The smallest absolute Gasteiger partial charge is 0.410 e. The van der Waals surface area contributed by atoms with Crippen LogP contribution in [0.3, 0.4) is 0 Å². The van der Waals surface area contributed by atoms with E-state index in [0.717, 1.165) is 36.0 Å². The summed E-state index contributed by atoms with van der Waals surface area (Å²) in [4.78, 5) is 14.6. The summed E-state index contributed by atoms with van der Waals surface area (Å²) in [6.07, 6.45) is 5.38. The van der Waals surface area contributed by atoms with Crippen LogP contribution in [0.15, 0.2) is 54.6 Å². The largest absolute Gasteiger partial charge is 0.445 e. The lowest BCUT2D eigenvalue weighted by Gasteiger charge is -2.44. The molecule has 1 fully saturated rings. The first-order chi connectivity index (χ1) is 13.1. The number of ether oxygens (including phenoxy) is 1. The molecule has 3 nitrogen and oxygen atoms in total. The lowest BCUT2D eigenvalue weighted by molar-refractivity contribution is 0.0510. The van der Waals surface area contributed by atoms with Gasteiger partial charge in [-0.3, -0.25) is 4.90 Å². The van der Waals surface area contributed by atoms with Gasteiger partial charge in [0.2, 0.25) is 0 Å². The Labute approximate surface area is 159 Å². The average molecular weight is 365 g/mol. The molecule has 2 aromatic rings. The number of carbonyl (C=O) groups is 1. The number of nitrogens with zero attached hydrogens (tertiary/aromatic N) is 1. The normalized spacial score (nSPS) is 21.6. The summed E-state index contributed by atoms with van der Waals surface area (Å²) in [5, 5.41) is 0. The number of halogens is 1. The number of carbonyl (C=O) groups excluding carboxylic acids is 1. The molecule has 2 aliphatic rings. The monoisotopic (exact) mass is 365 g/mol. The maximum atomic E-state index is 14.4. The fourth-order valence-electron chi connectivity index (χ4n) is 4.19. The summed E-state index contributed by atoms with van der Waals surface area (Å²) in [5.41, 5.74) is 3.56. The Morgan fingerprint density at radius 3 is 2.74 bits per heavy atom. The molecule has 0 aromatic heterocycles. The van der Waals surface area contributed by atoms with E-state index in [9.17, 15) is 9.18 Å². The van der Waals surface area contributed by atoms with Crippen LogP contribution in [-0.4, -0.2) is 23.1 Å². The molecule has 0 saturated carbocycles. The summed E-state index contributed by atoms with van der Waals surface area (Å²) in [7, 11) is 0. The fourth-order valence-corrected chi connectivity index (χ4v) is 4.19. The predicted octanol–water partition coefficient (Wildman–Crippen LogP) is 5.48. The topological polar surface area (TPSA) is 29.5 Å². The van der Waals surface area contributed by atoms with Gasteiger partial charge in [0.1, 0.15) is 12.4 Å². The van der Waals surface area contributed by atoms with Gasteiger partial charge >= 0.3 is 6.09 Å². The maximum absolute atomic E-state index is 14.4. The maximum Gasteiger partial charge on any atom is 0.410 e. The van der Waals surface area contributed by atoms with E-state index in [1.54, 1.807) is 6.07 Å². The molecule has 2 unspecified atom stereocenters. The van der Waals surface area contributed by atoms with Crippen LogP contribution in [0.25, 0.3) is 5.57 Å². The van der Waals surface area contributed by atoms with Crippen molar-refractivity contribution in [3.05, 3.63) is 77.1 Å². The molecule has 27 heavy (non-hydrogen) atoms. The van der Waals surface area contributed by atoms with Gasteiger partial charge in [-0.1, -0.05) is 48.5 Å². The zero-order valence-corrected chi connectivity index (χ0v) is 15.5. The Kier molecular flexibility index (Phi) is 4.97. The van der Waals surface area contributed by atoms with Gasteiger partial charge in [0, 0.05) is 11.6 Å². The number of hydrogen-bond acceptors (Lipinski definition) is 2. The van der Waals surface area contributed by atoms with Gasteiger partial charge in [-0.15, -0.1) is 0 Å². The minimum absolute atomic E-state index is 0.0172. The molecule has 2 aliphatic heterocycles. The Hall–Kier alpha value is -2.62. The Balaban J connectivity index is 1.52. The van der Waals surface area contributed by atoms with Crippen LogP contribution in [0.4, 0.5) is 9.18 Å². The van der Waals surface area contributed by atoms with Crippen LogP contribution < -0.4 is 0 Å². The molecule has 4 heteroatoms. The second-order valence-electron chi connectivity index (χ2n) is 7.48. The van der Waals surface area contributed by atoms with Crippen molar-refractivity contribution in [2.75, 3.05) is 0 Å². The molecular weight excluding hydrogens is 341 g/mol. The molecule has 140 valence electrons. The highest BCUT2D eigenvalue weighted by molar-refractivity contribution is 5.74. The molecule has 4 rings (SSSR count). The van der Waals surface area contributed by atoms with Crippen molar-refractivity contribution in [3.8, 4) is 0 Å². The molecule has 0 spiro atoms. The van der Waals surface area contributed by atoms with E-state index >= 15 is 0 Å². The van der Waals surface area contributed by atoms with Crippen LogP contribution in [0.1, 0.15) is 42.4 Å². The van der Waals surface area contributed by atoms with Gasteiger partial charge in [-0.05, 0) is 55.4 Å². The minimum Gasteiger partial charge on any atom is -0.445 e. The van der Waals surface area contributed by atoms with E-state index in [-0.39, 0.29) is 30.6 Å². The van der Waals surface area contributed by atoms with Crippen LogP contribution >= 0.6 is 0 Å². The summed E-state index contributed by atoms with van der Waals surface area (Å²) in [6, 6.07) is 15.1. The van der Waals surface area contributed by atoms with Gasteiger partial charge in [-0.25, -0.2) is 9.18 Å². The molecule has 2 atom stereocenters.